The third-order valence-corrected chi connectivity index (χ3v) is 1.75. The van der Waals surface area contributed by atoms with E-state index in [1.165, 1.54) is 7.11 Å². The Morgan fingerprint density at radius 1 is 1.38 bits per heavy atom. The van der Waals surface area contributed by atoms with E-state index in [1.807, 2.05) is 0 Å². The minimum atomic E-state index is -0.707. The number of rotatable bonds is 1. The summed E-state index contributed by atoms with van der Waals surface area (Å²) in [6, 6.07) is 0. The molecule has 0 bridgehead atoms. The van der Waals surface area contributed by atoms with Crippen LogP contribution in [0.2, 0.25) is 0 Å². The van der Waals surface area contributed by atoms with Crippen molar-refractivity contribution in [1.82, 2.24) is 0 Å². The summed E-state index contributed by atoms with van der Waals surface area (Å²) in [5.41, 5.74) is 1.06. The van der Waals surface area contributed by atoms with Gasteiger partial charge in [0.25, 0.3) is 0 Å². The fraction of sp³-hybridized carbons (Fsp3) is 0.500. The Balaban J connectivity index is 2.69. The predicted molar refractivity (Wildman–Crippen MR) is 42.0 cm³/mol. The maximum Gasteiger partial charge on any atom is 0.508 e. The van der Waals surface area contributed by atoms with E-state index in [-0.39, 0.29) is 13.2 Å². The number of carbonyl (C=O) groups excluding carboxylic acids is 2. The maximum absolute atomic E-state index is 11.0. The molecule has 0 saturated carbocycles. The molecule has 0 amide bonds. The minimum Gasteiger partial charge on any atom is -0.466 e. The number of carbonyl (C=O) groups is 2. The number of cyclic esters (lactones) is 2. The zero-order valence-electron chi connectivity index (χ0n) is 7.46. The zero-order valence-corrected chi connectivity index (χ0v) is 7.46. The average Bonchev–Trinajstić information content (AvgIpc) is 2.17. The van der Waals surface area contributed by atoms with Gasteiger partial charge in [-0.1, -0.05) is 0 Å². The van der Waals surface area contributed by atoms with Crippen molar-refractivity contribution >= 4 is 12.1 Å². The molecular formula is C8H10O5. The van der Waals surface area contributed by atoms with E-state index in [0.717, 1.165) is 0 Å². The van der Waals surface area contributed by atoms with Crippen LogP contribution in [0.1, 0.15) is 6.92 Å². The van der Waals surface area contributed by atoms with Crippen LogP contribution in [-0.2, 0) is 19.0 Å². The molecule has 1 heterocycles. The molecule has 0 N–H and O–H groups in total. The van der Waals surface area contributed by atoms with Crippen LogP contribution in [0.5, 0.6) is 0 Å². The van der Waals surface area contributed by atoms with Crippen LogP contribution in [0.4, 0.5) is 4.79 Å². The lowest BCUT2D eigenvalue weighted by molar-refractivity contribution is -0.136. The van der Waals surface area contributed by atoms with Gasteiger partial charge in [-0.25, -0.2) is 9.59 Å². The topological polar surface area (TPSA) is 61.8 Å². The summed E-state index contributed by atoms with van der Waals surface area (Å²) in [6.45, 7) is 1.79. The summed E-state index contributed by atoms with van der Waals surface area (Å²) < 4.78 is 13.7. The molecule has 0 aromatic rings. The molecular weight excluding hydrogens is 176 g/mol. The Bertz CT molecular complexity index is 254. The van der Waals surface area contributed by atoms with Gasteiger partial charge in [-0.2, -0.15) is 0 Å². The SMILES string of the molecule is COC(=O)C(C)=C1COC(=O)OC1. The van der Waals surface area contributed by atoms with E-state index in [4.69, 9.17) is 0 Å². The van der Waals surface area contributed by atoms with Crippen molar-refractivity contribution < 1.29 is 23.8 Å². The van der Waals surface area contributed by atoms with Gasteiger partial charge >= 0.3 is 12.1 Å². The molecule has 1 fully saturated rings. The Hall–Kier alpha value is -1.52. The highest BCUT2D eigenvalue weighted by Crippen LogP contribution is 2.12. The molecule has 1 aliphatic rings. The van der Waals surface area contributed by atoms with Crippen molar-refractivity contribution in [2.24, 2.45) is 0 Å². The largest absolute Gasteiger partial charge is 0.508 e. The Labute approximate surface area is 75.3 Å². The number of methoxy groups -OCH3 is 1. The number of esters is 1. The first kappa shape index (κ1) is 9.57. The molecule has 0 unspecified atom stereocenters. The lowest BCUT2D eigenvalue weighted by atomic mass is 10.1. The Kier molecular flexibility index (Phi) is 2.89. The van der Waals surface area contributed by atoms with Crippen LogP contribution in [0, 0.1) is 0 Å². The molecule has 1 rings (SSSR count). The van der Waals surface area contributed by atoms with Crippen LogP contribution < -0.4 is 0 Å². The highest BCUT2D eigenvalue weighted by Gasteiger charge is 2.19. The van der Waals surface area contributed by atoms with Crippen LogP contribution >= 0.6 is 0 Å². The molecule has 0 aromatic carbocycles. The van der Waals surface area contributed by atoms with Crippen molar-refractivity contribution in [3.8, 4) is 0 Å². The third kappa shape index (κ3) is 2.21. The van der Waals surface area contributed by atoms with Crippen LogP contribution in [0.25, 0.3) is 0 Å². The fourth-order valence-electron chi connectivity index (χ4n) is 0.889. The van der Waals surface area contributed by atoms with E-state index >= 15 is 0 Å². The van der Waals surface area contributed by atoms with E-state index < -0.39 is 12.1 Å². The summed E-state index contributed by atoms with van der Waals surface area (Å²) in [5.74, 6) is -0.434. The van der Waals surface area contributed by atoms with Gasteiger partial charge in [-0.05, 0) is 6.92 Å². The lowest BCUT2D eigenvalue weighted by Gasteiger charge is -2.16. The van der Waals surface area contributed by atoms with Crippen LogP contribution in [0.3, 0.4) is 0 Å². The fourth-order valence-corrected chi connectivity index (χ4v) is 0.889. The molecule has 1 aliphatic heterocycles. The normalized spacial score (nSPS) is 15.8. The molecule has 0 radical (unpaired) electrons. The number of hydrogen-bond donors (Lipinski definition) is 0. The summed E-state index contributed by atoms with van der Waals surface area (Å²) in [4.78, 5) is 21.5. The molecule has 0 atom stereocenters. The second-order valence-corrected chi connectivity index (χ2v) is 2.55. The standard InChI is InChI=1S/C8H10O5/c1-5(7(9)11-2)6-3-12-8(10)13-4-6/h3-4H2,1-2H3. The van der Waals surface area contributed by atoms with Gasteiger partial charge in [0, 0.05) is 11.1 Å². The Morgan fingerprint density at radius 3 is 2.38 bits per heavy atom. The first-order valence-electron chi connectivity index (χ1n) is 3.71. The monoisotopic (exact) mass is 186 g/mol. The smallest absolute Gasteiger partial charge is 0.466 e. The quantitative estimate of drug-likeness (QED) is 0.444. The molecule has 0 aromatic heterocycles. The Morgan fingerprint density at radius 2 is 1.92 bits per heavy atom. The predicted octanol–water partition coefficient (Wildman–Crippen LogP) is 0.643. The molecule has 5 nitrogen and oxygen atoms in total. The van der Waals surface area contributed by atoms with Gasteiger partial charge in [-0.15, -0.1) is 0 Å². The van der Waals surface area contributed by atoms with Gasteiger partial charge in [0.05, 0.1) is 7.11 Å². The second kappa shape index (κ2) is 3.93. The maximum atomic E-state index is 11.0. The van der Waals surface area contributed by atoms with Gasteiger partial charge in [0.15, 0.2) is 0 Å². The van der Waals surface area contributed by atoms with Crippen molar-refractivity contribution in [3.63, 3.8) is 0 Å². The molecule has 0 spiro atoms. The molecule has 0 aliphatic carbocycles. The first-order valence-corrected chi connectivity index (χ1v) is 3.71. The third-order valence-electron chi connectivity index (χ3n) is 1.75. The molecule has 13 heavy (non-hydrogen) atoms. The van der Waals surface area contributed by atoms with E-state index in [1.54, 1.807) is 6.92 Å². The highest BCUT2D eigenvalue weighted by atomic mass is 16.7. The van der Waals surface area contributed by atoms with E-state index in [0.29, 0.717) is 11.1 Å². The summed E-state index contributed by atoms with van der Waals surface area (Å²) >= 11 is 0. The first-order chi connectivity index (χ1) is 6.15. The lowest BCUT2D eigenvalue weighted by Crippen LogP contribution is -2.23. The van der Waals surface area contributed by atoms with Crippen LogP contribution in [-0.4, -0.2) is 32.4 Å². The van der Waals surface area contributed by atoms with Crippen molar-refractivity contribution in [3.05, 3.63) is 11.1 Å². The molecule has 1 saturated heterocycles. The summed E-state index contributed by atoms with van der Waals surface area (Å²) in [7, 11) is 1.29. The van der Waals surface area contributed by atoms with Crippen molar-refractivity contribution in [1.29, 1.82) is 0 Å². The van der Waals surface area contributed by atoms with Crippen molar-refractivity contribution in [2.75, 3.05) is 20.3 Å². The van der Waals surface area contributed by atoms with Gasteiger partial charge in [0.2, 0.25) is 0 Å². The molecule has 72 valence electrons. The van der Waals surface area contributed by atoms with Gasteiger partial charge in [-0.3, -0.25) is 0 Å². The summed E-state index contributed by atoms with van der Waals surface area (Å²) in [6.07, 6.45) is -0.707. The van der Waals surface area contributed by atoms with Gasteiger partial charge in [0.1, 0.15) is 13.2 Å². The van der Waals surface area contributed by atoms with E-state index in [9.17, 15) is 9.59 Å². The minimum absolute atomic E-state index is 0.0970. The molecule has 5 heteroatoms. The summed E-state index contributed by atoms with van der Waals surface area (Å²) in [5, 5.41) is 0. The van der Waals surface area contributed by atoms with Crippen LogP contribution in [0.15, 0.2) is 11.1 Å². The zero-order chi connectivity index (χ0) is 9.84. The average molecular weight is 186 g/mol. The number of ether oxygens (including phenoxy) is 3. The van der Waals surface area contributed by atoms with Crippen molar-refractivity contribution in [2.45, 2.75) is 6.92 Å². The second-order valence-electron chi connectivity index (χ2n) is 2.55. The number of hydrogen-bond acceptors (Lipinski definition) is 5. The highest BCUT2D eigenvalue weighted by molar-refractivity contribution is 5.88. The van der Waals surface area contributed by atoms with E-state index in [2.05, 4.69) is 14.2 Å². The van der Waals surface area contributed by atoms with Gasteiger partial charge < -0.3 is 14.2 Å².